The molecule has 1 aliphatic rings. The monoisotopic (exact) mass is 288 g/mol. The number of carbonyl (C=O) groups is 1. The highest BCUT2D eigenvalue weighted by Crippen LogP contribution is 2.10. The van der Waals surface area contributed by atoms with Crippen LogP contribution in [0.5, 0.6) is 0 Å². The summed E-state index contributed by atoms with van der Waals surface area (Å²) < 4.78 is 5.57. The first-order chi connectivity index (χ1) is 10.1. The van der Waals surface area contributed by atoms with Gasteiger partial charge in [-0.25, -0.2) is 0 Å². The number of nitrogens with zero attached hydrogens (tertiary/aromatic N) is 2. The van der Waals surface area contributed by atoms with Gasteiger partial charge < -0.3 is 15.8 Å². The van der Waals surface area contributed by atoms with Crippen LogP contribution in [0.4, 0.5) is 5.69 Å². The van der Waals surface area contributed by atoms with Gasteiger partial charge in [0.05, 0.1) is 30.9 Å². The maximum atomic E-state index is 12.0. The van der Waals surface area contributed by atoms with Crippen LogP contribution in [0.3, 0.4) is 0 Å². The summed E-state index contributed by atoms with van der Waals surface area (Å²) in [4.78, 5) is 14.1. The molecule has 1 saturated heterocycles. The first kappa shape index (κ1) is 15.4. The summed E-state index contributed by atoms with van der Waals surface area (Å²) in [5.41, 5.74) is 7.09. The number of ether oxygens (including phenoxy) is 1. The second kappa shape index (κ2) is 7.18. The van der Waals surface area contributed by atoms with Crippen LogP contribution in [0.25, 0.3) is 0 Å². The Hall–Kier alpha value is -1.94. The Labute approximate surface area is 124 Å². The predicted octanol–water partition coefficient (Wildman–Crippen LogP) is 0.545. The maximum absolute atomic E-state index is 12.0. The van der Waals surface area contributed by atoms with E-state index in [1.54, 1.807) is 24.3 Å². The minimum Gasteiger partial charge on any atom is -0.374 e. The lowest BCUT2D eigenvalue weighted by molar-refractivity contribution is -0.119. The van der Waals surface area contributed by atoms with Crippen LogP contribution in [-0.4, -0.2) is 49.2 Å². The van der Waals surface area contributed by atoms with Gasteiger partial charge in [0.25, 0.3) is 0 Å². The molecule has 2 atom stereocenters. The van der Waals surface area contributed by atoms with Crippen molar-refractivity contribution in [3.63, 3.8) is 0 Å². The SMILES string of the molecule is CC(N)C1CN(CC(=O)Nc2ccc(C#N)cc2)CCO1. The molecule has 1 amide bonds. The van der Waals surface area contributed by atoms with Gasteiger partial charge in [-0.3, -0.25) is 9.69 Å². The number of rotatable bonds is 4. The van der Waals surface area contributed by atoms with E-state index in [4.69, 9.17) is 15.7 Å². The average Bonchev–Trinajstić information content (AvgIpc) is 2.48. The minimum absolute atomic E-state index is 0.0264. The number of morpholine rings is 1. The summed E-state index contributed by atoms with van der Waals surface area (Å²) in [7, 11) is 0. The molecule has 3 N–H and O–H groups in total. The van der Waals surface area contributed by atoms with Crippen LogP contribution in [0.1, 0.15) is 12.5 Å². The molecule has 1 aromatic carbocycles. The zero-order valence-corrected chi connectivity index (χ0v) is 12.1. The Kier molecular flexibility index (Phi) is 5.28. The number of amides is 1. The molecule has 0 aromatic heterocycles. The van der Waals surface area contributed by atoms with Crippen molar-refractivity contribution in [2.24, 2.45) is 5.73 Å². The fourth-order valence-electron chi connectivity index (χ4n) is 2.23. The lowest BCUT2D eigenvalue weighted by Gasteiger charge is -2.34. The zero-order valence-electron chi connectivity index (χ0n) is 12.1. The molecule has 1 fully saturated rings. The molecule has 0 radical (unpaired) electrons. The lowest BCUT2D eigenvalue weighted by atomic mass is 10.1. The standard InChI is InChI=1S/C15H20N4O2/c1-11(17)14-9-19(6-7-21-14)10-15(20)18-13-4-2-12(8-16)3-5-13/h2-5,11,14H,6-7,9-10,17H2,1H3,(H,18,20). The van der Waals surface area contributed by atoms with Crippen molar-refractivity contribution >= 4 is 11.6 Å². The summed E-state index contributed by atoms with van der Waals surface area (Å²) in [5, 5.41) is 11.6. The molecule has 0 saturated carbocycles. The van der Waals surface area contributed by atoms with Gasteiger partial charge in [0, 0.05) is 24.8 Å². The second-order valence-corrected chi connectivity index (χ2v) is 5.24. The largest absolute Gasteiger partial charge is 0.374 e. The van der Waals surface area contributed by atoms with E-state index in [9.17, 15) is 4.79 Å². The Balaban J connectivity index is 1.85. The van der Waals surface area contributed by atoms with Crippen LogP contribution in [0.2, 0.25) is 0 Å². The van der Waals surface area contributed by atoms with E-state index < -0.39 is 0 Å². The smallest absolute Gasteiger partial charge is 0.238 e. The first-order valence-corrected chi connectivity index (χ1v) is 6.98. The Morgan fingerprint density at radius 2 is 2.29 bits per heavy atom. The van der Waals surface area contributed by atoms with E-state index in [0.717, 1.165) is 6.54 Å². The third kappa shape index (κ3) is 4.53. The molecule has 0 aliphatic carbocycles. The normalized spacial score (nSPS) is 20.5. The molecule has 2 rings (SSSR count). The lowest BCUT2D eigenvalue weighted by Crippen LogP contribution is -2.51. The number of nitrogens with one attached hydrogen (secondary N) is 1. The molecule has 1 aromatic rings. The molecule has 6 nitrogen and oxygen atoms in total. The first-order valence-electron chi connectivity index (χ1n) is 6.98. The van der Waals surface area contributed by atoms with Crippen molar-refractivity contribution in [2.45, 2.75) is 19.1 Å². The van der Waals surface area contributed by atoms with Gasteiger partial charge in [-0.2, -0.15) is 5.26 Å². The number of carbonyl (C=O) groups excluding carboxylic acids is 1. The summed E-state index contributed by atoms with van der Waals surface area (Å²) >= 11 is 0. The number of nitriles is 1. The van der Waals surface area contributed by atoms with Crippen molar-refractivity contribution in [3.8, 4) is 6.07 Å². The zero-order chi connectivity index (χ0) is 15.2. The summed E-state index contributed by atoms with van der Waals surface area (Å²) in [6, 6.07) is 8.79. The quantitative estimate of drug-likeness (QED) is 0.844. The van der Waals surface area contributed by atoms with E-state index in [1.165, 1.54) is 0 Å². The third-order valence-electron chi connectivity index (χ3n) is 3.43. The van der Waals surface area contributed by atoms with Crippen LogP contribution >= 0.6 is 0 Å². The highest BCUT2D eigenvalue weighted by molar-refractivity contribution is 5.92. The van der Waals surface area contributed by atoms with Gasteiger partial charge in [-0.1, -0.05) is 0 Å². The van der Waals surface area contributed by atoms with Crippen molar-refractivity contribution in [1.29, 1.82) is 5.26 Å². The number of benzene rings is 1. The van der Waals surface area contributed by atoms with Crippen LogP contribution in [0, 0.1) is 11.3 Å². The van der Waals surface area contributed by atoms with Crippen LogP contribution in [0.15, 0.2) is 24.3 Å². The van der Waals surface area contributed by atoms with Gasteiger partial charge in [0.2, 0.25) is 5.91 Å². The molecule has 0 spiro atoms. The molecular formula is C15H20N4O2. The molecule has 1 heterocycles. The Morgan fingerprint density at radius 1 is 1.57 bits per heavy atom. The fourth-order valence-corrected chi connectivity index (χ4v) is 2.23. The number of anilines is 1. The van der Waals surface area contributed by atoms with Gasteiger partial charge in [-0.15, -0.1) is 0 Å². The van der Waals surface area contributed by atoms with Gasteiger partial charge >= 0.3 is 0 Å². The molecule has 112 valence electrons. The van der Waals surface area contributed by atoms with E-state index >= 15 is 0 Å². The number of nitrogens with two attached hydrogens (primary N) is 1. The van der Waals surface area contributed by atoms with Gasteiger partial charge in [-0.05, 0) is 31.2 Å². The predicted molar refractivity (Wildman–Crippen MR) is 79.6 cm³/mol. The summed E-state index contributed by atoms with van der Waals surface area (Å²) in [6.07, 6.45) is -0.0264. The topological polar surface area (TPSA) is 91.4 Å². The van der Waals surface area contributed by atoms with Crippen molar-refractivity contribution in [3.05, 3.63) is 29.8 Å². The number of hydrogen-bond acceptors (Lipinski definition) is 5. The second-order valence-electron chi connectivity index (χ2n) is 5.24. The van der Waals surface area contributed by atoms with Crippen LogP contribution < -0.4 is 11.1 Å². The molecular weight excluding hydrogens is 268 g/mol. The van der Waals surface area contributed by atoms with Crippen molar-refractivity contribution in [2.75, 3.05) is 31.6 Å². The van der Waals surface area contributed by atoms with E-state index in [2.05, 4.69) is 5.32 Å². The Bertz CT molecular complexity index is 521. The van der Waals surface area contributed by atoms with Crippen molar-refractivity contribution in [1.82, 2.24) is 4.90 Å². The molecule has 0 bridgehead atoms. The third-order valence-corrected chi connectivity index (χ3v) is 3.43. The molecule has 21 heavy (non-hydrogen) atoms. The molecule has 6 heteroatoms. The van der Waals surface area contributed by atoms with E-state index in [-0.39, 0.29) is 18.1 Å². The highest BCUT2D eigenvalue weighted by Gasteiger charge is 2.24. The Morgan fingerprint density at radius 3 is 2.90 bits per heavy atom. The van der Waals surface area contributed by atoms with Gasteiger partial charge in [0.15, 0.2) is 0 Å². The molecule has 1 aliphatic heterocycles. The fraction of sp³-hybridized carbons (Fsp3) is 0.467. The van der Waals surface area contributed by atoms with Crippen molar-refractivity contribution < 1.29 is 9.53 Å². The summed E-state index contributed by atoms with van der Waals surface area (Å²) in [6.45, 7) is 4.20. The number of hydrogen-bond donors (Lipinski definition) is 2. The average molecular weight is 288 g/mol. The minimum atomic E-state index is -0.0787. The molecule has 2 unspecified atom stereocenters. The van der Waals surface area contributed by atoms with E-state index in [1.807, 2.05) is 17.9 Å². The highest BCUT2D eigenvalue weighted by atomic mass is 16.5. The summed E-state index contributed by atoms with van der Waals surface area (Å²) in [5.74, 6) is -0.0787. The van der Waals surface area contributed by atoms with Gasteiger partial charge in [0.1, 0.15) is 0 Å². The maximum Gasteiger partial charge on any atom is 0.238 e. The van der Waals surface area contributed by atoms with Crippen LogP contribution in [-0.2, 0) is 9.53 Å². The van der Waals surface area contributed by atoms with E-state index in [0.29, 0.717) is 30.9 Å².